The summed E-state index contributed by atoms with van der Waals surface area (Å²) in [5.74, 6) is 0.891. The van der Waals surface area contributed by atoms with Crippen molar-refractivity contribution < 1.29 is 9.84 Å². The van der Waals surface area contributed by atoms with Gasteiger partial charge in [-0.1, -0.05) is 46.9 Å². The van der Waals surface area contributed by atoms with Gasteiger partial charge in [-0.05, 0) is 48.9 Å². The van der Waals surface area contributed by atoms with E-state index in [2.05, 4.69) is 5.32 Å². The van der Waals surface area contributed by atoms with Crippen molar-refractivity contribution in [3.63, 3.8) is 0 Å². The molecule has 0 aliphatic rings. The number of phenols is 1. The predicted molar refractivity (Wildman–Crippen MR) is 92.3 cm³/mol. The van der Waals surface area contributed by atoms with Gasteiger partial charge in [-0.2, -0.15) is 0 Å². The molecule has 2 aromatic carbocycles. The van der Waals surface area contributed by atoms with Gasteiger partial charge < -0.3 is 15.2 Å². The van der Waals surface area contributed by atoms with Crippen molar-refractivity contribution in [2.24, 2.45) is 0 Å². The molecule has 0 fully saturated rings. The van der Waals surface area contributed by atoms with Crippen LogP contribution in [0.2, 0.25) is 0 Å². The smallest absolute Gasteiger partial charge is 0.226 e. The molecular weight excluding hydrogens is 345 g/mol. The van der Waals surface area contributed by atoms with Crippen LogP contribution in [-0.4, -0.2) is 15.0 Å². The van der Waals surface area contributed by atoms with Gasteiger partial charge in [-0.3, -0.25) is 0 Å². The number of halogens is 3. The topological polar surface area (TPSA) is 41.5 Å². The molecular formula is C16H16Cl3NO2. The lowest BCUT2D eigenvalue weighted by Gasteiger charge is -2.21. The molecule has 2 N–H and O–H groups in total. The molecule has 1 atom stereocenters. The number of benzene rings is 2. The van der Waals surface area contributed by atoms with Crippen LogP contribution < -0.4 is 10.1 Å². The fraction of sp³-hybridized carbons (Fsp3) is 0.250. The molecule has 0 amide bonds. The molecule has 0 radical (unpaired) electrons. The lowest BCUT2D eigenvalue weighted by molar-refractivity contribution is 0.226. The van der Waals surface area contributed by atoms with Crippen LogP contribution in [0.5, 0.6) is 11.5 Å². The molecule has 0 heterocycles. The van der Waals surface area contributed by atoms with Gasteiger partial charge in [-0.25, -0.2) is 0 Å². The quantitative estimate of drug-likeness (QED) is 0.725. The first-order valence-corrected chi connectivity index (χ1v) is 7.83. The standard InChI is InChI=1S/C16H16Cl3NO2/c1-11(16(17,18)19)22-15-8-4-13(5-9-15)20-10-12-2-6-14(21)7-3-12/h2-9,11,20-21H,10H2,1H3. The molecule has 1 unspecified atom stereocenters. The Kier molecular flexibility index (Phi) is 5.68. The van der Waals surface area contributed by atoms with Crippen molar-refractivity contribution in [1.82, 2.24) is 0 Å². The van der Waals surface area contributed by atoms with E-state index in [-0.39, 0.29) is 5.75 Å². The van der Waals surface area contributed by atoms with Crippen molar-refractivity contribution >= 4 is 40.5 Å². The summed E-state index contributed by atoms with van der Waals surface area (Å²) in [6.45, 7) is 2.36. The Morgan fingerprint density at radius 3 is 2.18 bits per heavy atom. The van der Waals surface area contributed by atoms with Crippen LogP contribution in [0.3, 0.4) is 0 Å². The minimum atomic E-state index is -1.46. The first-order valence-electron chi connectivity index (χ1n) is 6.70. The second-order valence-corrected chi connectivity index (χ2v) is 7.22. The number of anilines is 1. The van der Waals surface area contributed by atoms with Gasteiger partial charge in [0.2, 0.25) is 3.79 Å². The third kappa shape index (κ3) is 5.16. The summed E-state index contributed by atoms with van der Waals surface area (Å²) in [5, 5.41) is 12.5. The Morgan fingerprint density at radius 1 is 1.05 bits per heavy atom. The van der Waals surface area contributed by atoms with Crippen LogP contribution in [0.25, 0.3) is 0 Å². The van der Waals surface area contributed by atoms with Crippen LogP contribution in [0.4, 0.5) is 5.69 Å². The molecule has 0 bridgehead atoms. The predicted octanol–water partition coefficient (Wildman–Crippen LogP) is 5.14. The van der Waals surface area contributed by atoms with Crippen LogP contribution in [0, 0.1) is 0 Å². The zero-order valence-corrected chi connectivity index (χ0v) is 14.2. The van der Waals surface area contributed by atoms with E-state index < -0.39 is 9.90 Å². The van der Waals surface area contributed by atoms with E-state index in [1.807, 2.05) is 36.4 Å². The van der Waals surface area contributed by atoms with Crippen LogP contribution in [-0.2, 0) is 6.54 Å². The van der Waals surface area contributed by atoms with Crippen LogP contribution in [0.1, 0.15) is 12.5 Å². The van der Waals surface area contributed by atoms with Gasteiger partial charge >= 0.3 is 0 Å². The highest BCUT2D eigenvalue weighted by molar-refractivity contribution is 6.68. The summed E-state index contributed by atoms with van der Waals surface area (Å²) in [5.41, 5.74) is 2.02. The number of hydrogen-bond donors (Lipinski definition) is 2. The fourth-order valence-corrected chi connectivity index (χ4v) is 1.87. The first-order chi connectivity index (χ1) is 10.3. The number of rotatable bonds is 5. The Hall–Kier alpha value is -1.29. The second kappa shape index (κ2) is 7.32. The lowest BCUT2D eigenvalue weighted by atomic mass is 10.2. The van der Waals surface area contributed by atoms with E-state index in [9.17, 15) is 5.11 Å². The minimum absolute atomic E-state index is 0.258. The third-order valence-corrected chi connectivity index (χ3v) is 3.98. The van der Waals surface area contributed by atoms with Crippen LogP contribution >= 0.6 is 34.8 Å². The monoisotopic (exact) mass is 359 g/mol. The molecule has 0 saturated heterocycles. The zero-order chi connectivity index (χ0) is 16.2. The normalized spacial score (nSPS) is 12.7. The molecule has 0 saturated carbocycles. The Labute approximate surface area is 144 Å². The number of nitrogens with one attached hydrogen (secondary N) is 1. The van der Waals surface area contributed by atoms with Gasteiger partial charge in [0, 0.05) is 12.2 Å². The zero-order valence-electron chi connectivity index (χ0n) is 11.9. The maximum absolute atomic E-state index is 9.24. The van der Waals surface area contributed by atoms with Gasteiger partial charge in [0.15, 0.2) is 0 Å². The first kappa shape index (κ1) is 17.1. The number of phenolic OH excluding ortho intramolecular Hbond substituents is 1. The molecule has 3 nitrogen and oxygen atoms in total. The van der Waals surface area contributed by atoms with Crippen molar-refractivity contribution in [1.29, 1.82) is 0 Å². The van der Waals surface area contributed by atoms with E-state index in [0.717, 1.165) is 11.3 Å². The molecule has 6 heteroatoms. The molecule has 0 aliphatic heterocycles. The molecule has 118 valence electrons. The average molecular weight is 361 g/mol. The summed E-state index contributed by atoms with van der Waals surface area (Å²) in [6, 6.07) is 14.4. The van der Waals surface area contributed by atoms with Gasteiger partial charge in [0.1, 0.15) is 17.6 Å². The molecule has 2 aromatic rings. The summed E-state index contributed by atoms with van der Waals surface area (Å²) >= 11 is 17.3. The lowest BCUT2D eigenvalue weighted by Crippen LogP contribution is -2.28. The van der Waals surface area contributed by atoms with Crippen molar-refractivity contribution in [2.75, 3.05) is 5.32 Å². The summed E-state index contributed by atoms with van der Waals surface area (Å²) < 4.78 is 4.10. The fourth-order valence-electron chi connectivity index (χ4n) is 1.74. The van der Waals surface area contributed by atoms with Crippen molar-refractivity contribution in [2.45, 2.75) is 23.4 Å². The molecule has 0 spiro atoms. The number of aromatic hydroxyl groups is 1. The second-order valence-electron chi connectivity index (χ2n) is 4.85. The van der Waals surface area contributed by atoms with Crippen molar-refractivity contribution in [3.8, 4) is 11.5 Å². The van der Waals surface area contributed by atoms with E-state index in [1.165, 1.54) is 0 Å². The molecule has 2 rings (SSSR count). The SMILES string of the molecule is CC(Oc1ccc(NCc2ccc(O)cc2)cc1)C(Cl)(Cl)Cl. The Bertz CT molecular complexity index is 594. The van der Waals surface area contributed by atoms with E-state index >= 15 is 0 Å². The van der Waals surface area contributed by atoms with Crippen LogP contribution in [0.15, 0.2) is 48.5 Å². The van der Waals surface area contributed by atoms with Gasteiger partial charge in [0.25, 0.3) is 0 Å². The number of hydrogen-bond acceptors (Lipinski definition) is 3. The van der Waals surface area contributed by atoms with Crippen molar-refractivity contribution in [3.05, 3.63) is 54.1 Å². The third-order valence-electron chi connectivity index (χ3n) is 3.06. The Morgan fingerprint density at radius 2 is 1.64 bits per heavy atom. The maximum atomic E-state index is 9.24. The minimum Gasteiger partial charge on any atom is -0.508 e. The van der Waals surface area contributed by atoms with E-state index in [0.29, 0.717) is 12.3 Å². The number of alkyl halides is 3. The average Bonchev–Trinajstić information content (AvgIpc) is 2.47. The van der Waals surface area contributed by atoms with E-state index in [1.54, 1.807) is 19.1 Å². The highest BCUT2D eigenvalue weighted by Gasteiger charge is 2.30. The molecule has 0 aromatic heterocycles. The summed E-state index contributed by atoms with van der Waals surface area (Å²) in [7, 11) is 0. The number of ether oxygens (including phenoxy) is 1. The van der Waals surface area contributed by atoms with Gasteiger partial charge in [-0.15, -0.1) is 0 Å². The largest absolute Gasteiger partial charge is 0.508 e. The molecule has 22 heavy (non-hydrogen) atoms. The summed E-state index contributed by atoms with van der Waals surface area (Å²) in [4.78, 5) is 0. The van der Waals surface area contributed by atoms with E-state index in [4.69, 9.17) is 39.5 Å². The summed E-state index contributed by atoms with van der Waals surface area (Å²) in [6.07, 6.45) is -0.548. The highest BCUT2D eigenvalue weighted by atomic mass is 35.6. The highest BCUT2D eigenvalue weighted by Crippen LogP contribution is 2.33. The Balaban J connectivity index is 1.90. The molecule has 0 aliphatic carbocycles. The maximum Gasteiger partial charge on any atom is 0.226 e. The van der Waals surface area contributed by atoms with Gasteiger partial charge in [0.05, 0.1) is 0 Å².